The number of nitrogens with zero attached hydrogens (tertiary/aromatic N) is 3. The van der Waals surface area contributed by atoms with Crippen molar-refractivity contribution in [3.8, 4) is 11.3 Å². The summed E-state index contributed by atoms with van der Waals surface area (Å²) in [6.07, 6.45) is 0. The predicted octanol–water partition coefficient (Wildman–Crippen LogP) is 2.89. The molecule has 5 nitrogen and oxygen atoms in total. The molecule has 102 valence electrons. The minimum absolute atomic E-state index is 0.209. The van der Waals surface area contributed by atoms with E-state index in [1.54, 1.807) is 24.3 Å². The van der Waals surface area contributed by atoms with Gasteiger partial charge < -0.3 is 0 Å². The lowest BCUT2D eigenvalue weighted by atomic mass is 10.2. The van der Waals surface area contributed by atoms with Gasteiger partial charge in [-0.15, -0.1) is 0 Å². The van der Waals surface area contributed by atoms with Crippen LogP contribution in [-0.2, 0) is 0 Å². The number of aromatic amines is 1. The fraction of sp³-hybridized carbons (Fsp3) is 0. The van der Waals surface area contributed by atoms with E-state index in [0.717, 1.165) is 11.0 Å². The van der Waals surface area contributed by atoms with Crippen LogP contribution < -0.4 is 5.56 Å². The first-order valence-corrected chi connectivity index (χ1v) is 6.74. The molecule has 0 bridgehead atoms. The van der Waals surface area contributed by atoms with Crippen molar-refractivity contribution in [1.82, 2.24) is 19.6 Å². The second-order valence-electron chi connectivity index (χ2n) is 4.64. The minimum Gasteiger partial charge on any atom is -0.266 e. The third-order valence-electron chi connectivity index (χ3n) is 3.35. The Morgan fingerprint density at radius 3 is 2.62 bits per heavy atom. The Hall–Kier alpha value is -2.66. The number of rotatable bonds is 1. The number of H-pyrrole nitrogens is 1. The van der Waals surface area contributed by atoms with Gasteiger partial charge in [0.05, 0.1) is 11.0 Å². The number of hydrogen-bond acceptors (Lipinski definition) is 3. The zero-order valence-corrected chi connectivity index (χ0v) is 11.5. The maximum atomic E-state index is 12.7. The zero-order valence-electron chi connectivity index (χ0n) is 10.7. The maximum absolute atomic E-state index is 12.7. The van der Waals surface area contributed by atoms with Crippen LogP contribution in [0.2, 0.25) is 5.02 Å². The molecule has 0 atom stereocenters. The molecule has 0 amide bonds. The highest BCUT2D eigenvalue weighted by atomic mass is 35.5. The average Bonchev–Trinajstić information content (AvgIpc) is 2.88. The van der Waals surface area contributed by atoms with Gasteiger partial charge in [0.2, 0.25) is 5.78 Å². The van der Waals surface area contributed by atoms with Gasteiger partial charge in [0.25, 0.3) is 5.56 Å². The molecule has 0 saturated carbocycles. The molecule has 2 heterocycles. The van der Waals surface area contributed by atoms with Crippen LogP contribution in [-0.4, -0.2) is 19.6 Å². The highest BCUT2D eigenvalue weighted by molar-refractivity contribution is 6.30. The average molecular weight is 297 g/mol. The van der Waals surface area contributed by atoms with Crippen LogP contribution in [0.3, 0.4) is 0 Å². The van der Waals surface area contributed by atoms with Crippen molar-refractivity contribution in [2.24, 2.45) is 0 Å². The molecule has 0 spiro atoms. The SMILES string of the molecule is O=c1c(-c2ccc(Cl)cc2)n[nH]c2nc3ccccc3n12. The molecular weight excluding hydrogens is 288 g/mol. The first-order chi connectivity index (χ1) is 10.2. The van der Waals surface area contributed by atoms with Gasteiger partial charge in [-0.2, -0.15) is 5.10 Å². The van der Waals surface area contributed by atoms with Gasteiger partial charge in [0.1, 0.15) is 0 Å². The van der Waals surface area contributed by atoms with E-state index < -0.39 is 0 Å². The summed E-state index contributed by atoms with van der Waals surface area (Å²) in [5.41, 5.74) is 2.34. The maximum Gasteiger partial charge on any atom is 0.286 e. The van der Waals surface area contributed by atoms with Gasteiger partial charge in [-0.3, -0.25) is 4.79 Å². The normalized spacial score (nSPS) is 11.3. The minimum atomic E-state index is -0.209. The van der Waals surface area contributed by atoms with Crippen LogP contribution >= 0.6 is 11.6 Å². The second kappa shape index (κ2) is 4.43. The molecule has 0 saturated heterocycles. The quantitative estimate of drug-likeness (QED) is 0.587. The van der Waals surface area contributed by atoms with E-state index in [-0.39, 0.29) is 5.56 Å². The molecular formula is C15H9ClN4O. The molecule has 0 radical (unpaired) electrons. The fourth-order valence-corrected chi connectivity index (χ4v) is 2.49. The molecule has 21 heavy (non-hydrogen) atoms. The Balaban J connectivity index is 2.08. The molecule has 1 N–H and O–H groups in total. The summed E-state index contributed by atoms with van der Waals surface area (Å²) in [5, 5.41) is 7.58. The van der Waals surface area contributed by atoms with E-state index in [9.17, 15) is 4.79 Å². The standard InChI is InChI=1S/C15H9ClN4O/c16-10-7-5-9(6-8-10)13-14(21)20-12-4-2-1-3-11(12)17-15(20)19-18-13/h1-8H,(H,17,19). The molecule has 0 aliphatic rings. The van der Waals surface area contributed by atoms with Crippen LogP contribution in [0, 0.1) is 0 Å². The van der Waals surface area contributed by atoms with Gasteiger partial charge in [0.15, 0.2) is 5.69 Å². The number of aromatic nitrogens is 4. The third-order valence-corrected chi connectivity index (χ3v) is 3.60. The largest absolute Gasteiger partial charge is 0.286 e. The highest BCUT2D eigenvalue weighted by Crippen LogP contribution is 2.18. The van der Waals surface area contributed by atoms with Gasteiger partial charge >= 0.3 is 0 Å². The molecule has 0 aliphatic heterocycles. The summed E-state index contributed by atoms with van der Waals surface area (Å²) >= 11 is 5.87. The summed E-state index contributed by atoms with van der Waals surface area (Å²) in [5.74, 6) is 0.430. The number of hydrogen-bond donors (Lipinski definition) is 1. The van der Waals surface area contributed by atoms with Crippen molar-refractivity contribution in [3.05, 3.63) is 63.9 Å². The Morgan fingerprint density at radius 2 is 1.81 bits per heavy atom. The molecule has 0 aliphatic carbocycles. The van der Waals surface area contributed by atoms with E-state index in [2.05, 4.69) is 15.2 Å². The van der Waals surface area contributed by atoms with E-state index >= 15 is 0 Å². The van der Waals surface area contributed by atoms with Gasteiger partial charge in [-0.25, -0.2) is 14.5 Å². The lowest BCUT2D eigenvalue weighted by molar-refractivity contribution is 0.954. The lowest BCUT2D eigenvalue weighted by Crippen LogP contribution is -2.18. The van der Waals surface area contributed by atoms with Gasteiger partial charge in [0, 0.05) is 10.6 Å². The Kier molecular flexibility index (Phi) is 2.55. The number of fused-ring (bicyclic) bond motifs is 3. The monoisotopic (exact) mass is 296 g/mol. The molecule has 4 aromatic rings. The molecule has 6 heteroatoms. The van der Waals surface area contributed by atoms with Crippen molar-refractivity contribution < 1.29 is 0 Å². The van der Waals surface area contributed by atoms with Crippen LogP contribution in [0.25, 0.3) is 28.1 Å². The summed E-state index contributed by atoms with van der Waals surface area (Å²) in [7, 11) is 0. The summed E-state index contributed by atoms with van der Waals surface area (Å²) in [6.45, 7) is 0. The Morgan fingerprint density at radius 1 is 1.05 bits per heavy atom. The third kappa shape index (κ3) is 1.82. The topological polar surface area (TPSA) is 63.0 Å². The smallest absolute Gasteiger partial charge is 0.266 e. The molecule has 2 aromatic heterocycles. The van der Waals surface area contributed by atoms with Crippen LogP contribution in [0.1, 0.15) is 0 Å². The first kappa shape index (κ1) is 12.1. The predicted molar refractivity (Wildman–Crippen MR) is 81.6 cm³/mol. The summed E-state index contributed by atoms with van der Waals surface area (Å²) in [6, 6.07) is 14.5. The molecule has 0 fully saturated rings. The first-order valence-electron chi connectivity index (χ1n) is 6.36. The van der Waals surface area contributed by atoms with E-state index in [1.807, 2.05) is 24.3 Å². The molecule has 4 rings (SSSR count). The fourth-order valence-electron chi connectivity index (χ4n) is 2.36. The van der Waals surface area contributed by atoms with Crippen LogP contribution in [0.15, 0.2) is 53.3 Å². The zero-order chi connectivity index (χ0) is 14.4. The number of para-hydroxylation sites is 2. The molecule has 2 aromatic carbocycles. The van der Waals surface area contributed by atoms with E-state index in [0.29, 0.717) is 22.1 Å². The Bertz CT molecular complexity index is 1020. The van der Waals surface area contributed by atoms with Crippen molar-refractivity contribution in [3.63, 3.8) is 0 Å². The van der Waals surface area contributed by atoms with Crippen LogP contribution in [0.4, 0.5) is 0 Å². The lowest BCUT2D eigenvalue weighted by Gasteiger charge is -2.01. The summed E-state index contributed by atoms with van der Waals surface area (Å²) in [4.78, 5) is 17.0. The van der Waals surface area contributed by atoms with Crippen molar-refractivity contribution >= 4 is 28.4 Å². The Labute approximate surface area is 123 Å². The van der Waals surface area contributed by atoms with E-state index in [4.69, 9.17) is 11.6 Å². The number of nitrogens with one attached hydrogen (secondary N) is 1. The van der Waals surface area contributed by atoms with E-state index in [1.165, 1.54) is 4.40 Å². The number of halogens is 1. The second-order valence-corrected chi connectivity index (χ2v) is 5.08. The van der Waals surface area contributed by atoms with Gasteiger partial charge in [-0.05, 0) is 24.3 Å². The van der Waals surface area contributed by atoms with Crippen molar-refractivity contribution in [2.75, 3.05) is 0 Å². The van der Waals surface area contributed by atoms with Crippen molar-refractivity contribution in [2.45, 2.75) is 0 Å². The molecule has 0 unspecified atom stereocenters. The van der Waals surface area contributed by atoms with Crippen LogP contribution in [0.5, 0.6) is 0 Å². The van der Waals surface area contributed by atoms with Crippen molar-refractivity contribution in [1.29, 1.82) is 0 Å². The highest BCUT2D eigenvalue weighted by Gasteiger charge is 2.12. The number of benzene rings is 2. The summed E-state index contributed by atoms with van der Waals surface area (Å²) < 4.78 is 1.53. The van der Waals surface area contributed by atoms with Gasteiger partial charge in [-0.1, -0.05) is 35.9 Å². The number of imidazole rings is 1.